The number of nitrogens with one attached hydrogen (secondary N) is 2. The second-order valence-corrected chi connectivity index (χ2v) is 8.47. The summed E-state index contributed by atoms with van der Waals surface area (Å²) in [6, 6.07) is 15.7. The van der Waals surface area contributed by atoms with Gasteiger partial charge in [-0.25, -0.2) is 0 Å². The second kappa shape index (κ2) is 11.0. The van der Waals surface area contributed by atoms with Gasteiger partial charge in [0, 0.05) is 25.0 Å². The van der Waals surface area contributed by atoms with Crippen molar-refractivity contribution in [1.82, 2.24) is 15.5 Å². The lowest BCUT2D eigenvalue weighted by Gasteiger charge is -2.18. The number of thioether (sulfide) groups is 1. The quantitative estimate of drug-likeness (QED) is 0.571. The molecule has 1 heterocycles. The number of rotatable bonds is 8. The maximum absolute atomic E-state index is 12.6. The summed E-state index contributed by atoms with van der Waals surface area (Å²) in [5, 5.41) is 5.56. The molecule has 166 valence electrons. The fraction of sp³-hybridized carbons (Fsp3) is 0.217. The van der Waals surface area contributed by atoms with Crippen molar-refractivity contribution in [2.45, 2.75) is 19.4 Å². The van der Waals surface area contributed by atoms with Crippen molar-refractivity contribution < 1.29 is 19.2 Å². The van der Waals surface area contributed by atoms with E-state index in [1.165, 1.54) is 6.92 Å². The van der Waals surface area contributed by atoms with E-state index in [9.17, 15) is 19.2 Å². The molecule has 1 unspecified atom stereocenters. The van der Waals surface area contributed by atoms with Gasteiger partial charge < -0.3 is 10.6 Å². The van der Waals surface area contributed by atoms with Crippen LogP contribution in [0.2, 0.25) is 5.02 Å². The van der Waals surface area contributed by atoms with Gasteiger partial charge >= 0.3 is 0 Å². The Labute approximate surface area is 195 Å². The molecule has 1 saturated heterocycles. The van der Waals surface area contributed by atoms with Gasteiger partial charge in [0.2, 0.25) is 11.8 Å². The highest BCUT2D eigenvalue weighted by molar-refractivity contribution is 8.18. The van der Waals surface area contributed by atoms with E-state index in [0.29, 0.717) is 10.6 Å². The van der Waals surface area contributed by atoms with Crippen LogP contribution < -0.4 is 10.6 Å². The van der Waals surface area contributed by atoms with Crippen LogP contribution >= 0.6 is 23.4 Å². The summed E-state index contributed by atoms with van der Waals surface area (Å²) in [6.07, 6.45) is 1.63. The summed E-state index contributed by atoms with van der Waals surface area (Å²) >= 11 is 6.96. The third-order valence-electron chi connectivity index (χ3n) is 4.69. The Kier molecular flexibility index (Phi) is 8.08. The van der Waals surface area contributed by atoms with Crippen LogP contribution in [0.1, 0.15) is 30.5 Å². The van der Waals surface area contributed by atoms with E-state index >= 15 is 0 Å². The number of imide groups is 1. The smallest absolute Gasteiger partial charge is 0.293 e. The predicted octanol–water partition coefficient (Wildman–Crippen LogP) is 3.76. The van der Waals surface area contributed by atoms with Crippen LogP contribution in [0, 0.1) is 0 Å². The maximum atomic E-state index is 12.6. The van der Waals surface area contributed by atoms with E-state index in [2.05, 4.69) is 10.6 Å². The highest BCUT2D eigenvalue weighted by Gasteiger charge is 2.34. The second-order valence-electron chi connectivity index (χ2n) is 7.07. The highest BCUT2D eigenvalue weighted by Crippen LogP contribution is 2.33. The lowest BCUT2D eigenvalue weighted by atomic mass is 10.0. The van der Waals surface area contributed by atoms with Gasteiger partial charge in [0.25, 0.3) is 11.1 Å². The molecule has 1 aliphatic rings. The number of benzene rings is 2. The third kappa shape index (κ3) is 6.21. The first-order valence-electron chi connectivity index (χ1n) is 9.94. The van der Waals surface area contributed by atoms with Crippen LogP contribution in [0.5, 0.6) is 0 Å². The third-order valence-corrected chi connectivity index (χ3v) is 5.94. The topological polar surface area (TPSA) is 95.6 Å². The minimum atomic E-state index is -0.468. The molecule has 0 aromatic heterocycles. The Balaban J connectivity index is 1.55. The lowest BCUT2D eigenvalue weighted by Crippen LogP contribution is -2.38. The average molecular weight is 472 g/mol. The van der Waals surface area contributed by atoms with E-state index in [1.54, 1.807) is 30.3 Å². The van der Waals surface area contributed by atoms with Crippen molar-refractivity contribution in [2.75, 3.05) is 13.1 Å². The van der Waals surface area contributed by atoms with Crippen LogP contribution in [0.25, 0.3) is 6.08 Å². The SMILES string of the molecule is CC(=O)NC(CC(=O)NCCN1C(=O)SC(=Cc2ccccc2Cl)C1=O)c1ccccc1. The summed E-state index contributed by atoms with van der Waals surface area (Å²) in [4.78, 5) is 50.2. The molecule has 2 aromatic rings. The normalized spacial score (nSPS) is 15.7. The summed E-state index contributed by atoms with van der Waals surface area (Å²) in [5.41, 5.74) is 1.46. The van der Waals surface area contributed by atoms with Crippen LogP contribution in [-0.4, -0.2) is 41.0 Å². The highest BCUT2D eigenvalue weighted by atomic mass is 35.5. The monoisotopic (exact) mass is 471 g/mol. The average Bonchev–Trinajstić information content (AvgIpc) is 3.02. The molecule has 0 spiro atoms. The van der Waals surface area contributed by atoms with Crippen molar-refractivity contribution in [2.24, 2.45) is 0 Å². The molecule has 32 heavy (non-hydrogen) atoms. The van der Waals surface area contributed by atoms with E-state index < -0.39 is 17.2 Å². The van der Waals surface area contributed by atoms with Crippen molar-refractivity contribution in [3.8, 4) is 0 Å². The fourth-order valence-corrected chi connectivity index (χ4v) is 4.22. The van der Waals surface area contributed by atoms with E-state index in [4.69, 9.17) is 11.6 Å². The standard InChI is InChI=1S/C23H22ClN3O4S/c1-15(28)26-19(16-7-3-2-4-8-16)14-21(29)25-11-12-27-22(30)20(32-23(27)31)13-17-9-5-6-10-18(17)24/h2-10,13,19H,11-12,14H2,1H3,(H,25,29)(H,26,28). The van der Waals surface area contributed by atoms with Crippen molar-refractivity contribution in [3.63, 3.8) is 0 Å². The Morgan fingerprint density at radius 2 is 1.78 bits per heavy atom. The summed E-state index contributed by atoms with van der Waals surface area (Å²) < 4.78 is 0. The number of hydrogen-bond acceptors (Lipinski definition) is 5. The molecule has 0 aliphatic carbocycles. The minimum Gasteiger partial charge on any atom is -0.354 e. The molecular formula is C23H22ClN3O4S. The van der Waals surface area contributed by atoms with Gasteiger partial charge in [0.15, 0.2) is 0 Å². The number of nitrogens with zero attached hydrogens (tertiary/aromatic N) is 1. The van der Waals surface area contributed by atoms with Crippen LogP contribution in [0.15, 0.2) is 59.5 Å². The van der Waals surface area contributed by atoms with Gasteiger partial charge in [-0.3, -0.25) is 24.1 Å². The summed E-state index contributed by atoms with van der Waals surface area (Å²) in [6.45, 7) is 1.55. The minimum absolute atomic E-state index is 0.0396. The zero-order chi connectivity index (χ0) is 23.1. The van der Waals surface area contributed by atoms with Crippen molar-refractivity contribution >= 4 is 52.4 Å². The number of carbonyl (C=O) groups is 4. The van der Waals surface area contributed by atoms with Gasteiger partial charge in [-0.1, -0.05) is 60.1 Å². The van der Waals surface area contributed by atoms with Gasteiger partial charge in [-0.05, 0) is 35.0 Å². The van der Waals surface area contributed by atoms with Crippen LogP contribution in [-0.2, 0) is 14.4 Å². The number of halogens is 1. The molecule has 1 aliphatic heterocycles. The molecule has 0 saturated carbocycles. The van der Waals surface area contributed by atoms with Gasteiger partial charge in [0.1, 0.15) is 0 Å². The van der Waals surface area contributed by atoms with E-state index in [-0.39, 0.29) is 36.2 Å². The molecule has 7 nitrogen and oxygen atoms in total. The van der Waals surface area contributed by atoms with E-state index in [0.717, 1.165) is 22.2 Å². The predicted molar refractivity (Wildman–Crippen MR) is 125 cm³/mol. The fourth-order valence-electron chi connectivity index (χ4n) is 3.17. The molecule has 2 aromatic carbocycles. The molecule has 0 radical (unpaired) electrons. The Morgan fingerprint density at radius 3 is 2.47 bits per heavy atom. The molecular weight excluding hydrogens is 450 g/mol. The van der Waals surface area contributed by atoms with Crippen LogP contribution in [0.3, 0.4) is 0 Å². The number of carbonyl (C=O) groups excluding carboxylic acids is 4. The molecule has 0 bridgehead atoms. The Morgan fingerprint density at radius 1 is 1.09 bits per heavy atom. The molecule has 1 fully saturated rings. The molecule has 2 N–H and O–H groups in total. The first kappa shape index (κ1) is 23.6. The first-order chi connectivity index (χ1) is 15.3. The Bertz CT molecular complexity index is 1060. The van der Waals surface area contributed by atoms with Gasteiger partial charge in [-0.2, -0.15) is 0 Å². The number of hydrogen-bond donors (Lipinski definition) is 2. The summed E-state index contributed by atoms with van der Waals surface area (Å²) in [5.74, 6) is -0.962. The molecule has 4 amide bonds. The lowest BCUT2D eigenvalue weighted by molar-refractivity contribution is -0.125. The van der Waals surface area contributed by atoms with Gasteiger partial charge in [0.05, 0.1) is 17.4 Å². The maximum Gasteiger partial charge on any atom is 0.293 e. The largest absolute Gasteiger partial charge is 0.354 e. The first-order valence-corrected chi connectivity index (χ1v) is 11.1. The zero-order valence-electron chi connectivity index (χ0n) is 17.3. The molecule has 1 atom stereocenters. The van der Waals surface area contributed by atoms with E-state index in [1.807, 2.05) is 30.3 Å². The van der Waals surface area contributed by atoms with Gasteiger partial charge in [-0.15, -0.1) is 0 Å². The molecule has 3 rings (SSSR count). The number of amides is 4. The zero-order valence-corrected chi connectivity index (χ0v) is 18.9. The summed E-state index contributed by atoms with van der Waals surface area (Å²) in [7, 11) is 0. The van der Waals surface area contributed by atoms with Crippen molar-refractivity contribution in [3.05, 3.63) is 75.7 Å². The molecule has 9 heteroatoms. The Hall–Kier alpha value is -3.10. The van der Waals surface area contributed by atoms with Crippen LogP contribution in [0.4, 0.5) is 4.79 Å². The van der Waals surface area contributed by atoms with Crippen molar-refractivity contribution in [1.29, 1.82) is 0 Å².